The number of rotatable bonds is 3. The van der Waals surface area contributed by atoms with Crippen molar-refractivity contribution in [3.8, 4) is 0 Å². The minimum Gasteiger partial charge on any atom is -0.402 e. The number of carbonyl (C=O) groups excluding carboxylic acids is 1. The topological polar surface area (TPSA) is 46.3 Å². The lowest BCUT2D eigenvalue weighted by molar-refractivity contribution is -0.125. The van der Waals surface area contributed by atoms with Crippen molar-refractivity contribution < 1.29 is 4.79 Å². The Morgan fingerprint density at radius 2 is 1.91 bits per heavy atom. The third-order valence-electron chi connectivity index (χ3n) is 1.43. The van der Waals surface area contributed by atoms with Gasteiger partial charge in [0.25, 0.3) is 0 Å². The highest BCUT2D eigenvalue weighted by Gasteiger charge is 2.04. The molecule has 0 aliphatic heterocycles. The second-order valence-electron chi connectivity index (χ2n) is 2.40. The average molecular weight is 156 g/mol. The van der Waals surface area contributed by atoms with Crippen LogP contribution in [-0.4, -0.2) is 23.9 Å². The molecule has 0 radical (unpaired) electrons. The number of nitrogens with two attached hydrogens (primary N) is 1. The molecule has 3 heteroatoms. The maximum atomic E-state index is 11.2. The van der Waals surface area contributed by atoms with Gasteiger partial charge in [-0.1, -0.05) is 0 Å². The largest absolute Gasteiger partial charge is 0.402 e. The Balaban J connectivity index is 4.11. The third kappa shape index (κ3) is 3.65. The zero-order chi connectivity index (χ0) is 8.85. The normalized spacial score (nSPS) is 11.4. The Kier molecular flexibility index (Phi) is 4.34. The Morgan fingerprint density at radius 1 is 1.45 bits per heavy atom. The van der Waals surface area contributed by atoms with Crippen LogP contribution in [0.1, 0.15) is 20.8 Å². The molecule has 0 saturated heterocycles. The van der Waals surface area contributed by atoms with Gasteiger partial charge in [-0.15, -0.1) is 0 Å². The van der Waals surface area contributed by atoms with Crippen LogP contribution in [0, 0.1) is 0 Å². The van der Waals surface area contributed by atoms with E-state index in [1.165, 1.54) is 6.08 Å². The maximum Gasteiger partial charge on any atom is 0.248 e. The molecule has 0 unspecified atom stereocenters. The van der Waals surface area contributed by atoms with E-state index in [1.807, 2.05) is 13.8 Å². The summed E-state index contributed by atoms with van der Waals surface area (Å²) in [4.78, 5) is 12.9. The summed E-state index contributed by atoms with van der Waals surface area (Å²) >= 11 is 0. The molecule has 0 rings (SSSR count). The average Bonchev–Trinajstić information content (AvgIpc) is 1.88. The van der Waals surface area contributed by atoms with Crippen LogP contribution in [0.5, 0.6) is 0 Å². The van der Waals surface area contributed by atoms with Crippen molar-refractivity contribution >= 4 is 5.91 Å². The minimum absolute atomic E-state index is 0.00463. The first kappa shape index (κ1) is 10.0. The molecule has 0 heterocycles. The highest BCUT2D eigenvalue weighted by Crippen LogP contribution is 1.91. The standard InChI is InChI=1S/C8H16N2O/c1-4-10(5-2)8(11)6-7(3)9/h6H,4-5,9H2,1-3H3/b7-6+. The van der Waals surface area contributed by atoms with Crippen LogP contribution >= 0.6 is 0 Å². The molecule has 0 atom stereocenters. The van der Waals surface area contributed by atoms with Crippen molar-refractivity contribution in [3.63, 3.8) is 0 Å². The Labute approximate surface area is 67.9 Å². The van der Waals surface area contributed by atoms with E-state index in [4.69, 9.17) is 5.73 Å². The molecule has 0 aliphatic carbocycles. The number of amides is 1. The molecule has 0 aromatic rings. The second-order valence-corrected chi connectivity index (χ2v) is 2.40. The fourth-order valence-electron chi connectivity index (χ4n) is 0.821. The summed E-state index contributed by atoms with van der Waals surface area (Å²) in [5, 5.41) is 0. The zero-order valence-electron chi connectivity index (χ0n) is 7.42. The molecular weight excluding hydrogens is 140 g/mol. The molecule has 3 nitrogen and oxygen atoms in total. The van der Waals surface area contributed by atoms with Gasteiger partial charge in [0.15, 0.2) is 0 Å². The molecule has 11 heavy (non-hydrogen) atoms. The molecule has 0 aromatic heterocycles. The van der Waals surface area contributed by atoms with Crippen LogP contribution in [0.25, 0.3) is 0 Å². The molecular formula is C8H16N2O. The lowest BCUT2D eigenvalue weighted by Gasteiger charge is -2.16. The van der Waals surface area contributed by atoms with Crippen LogP contribution in [0.4, 0.5) is 0 Å². The van der Waals surface area contributed by atoms with Crippen molar-refractivity contribution in [2.24, 2.45) is 5.73 Å². The van der Waals surface area contributed by atoms with Gasteiger partial charge in [-0.3, -0.25) is 4.79 Å². The van der Waals surface area contributed by atoms with Gasteiger partial charge in [0.2, 0.25) is 5.91 Å². The van der Waals surface area contributed by atoms with Gasteiger partial charge < -0.3 is 10.6 Å². The Morgan fingerprint density at radius 3 is 2.18 bits per heavy atom. The van der Waals surface area contributed by atoms with E-state index in [-0.39, 0.29) is 5.91 Å². The van der Waals surface area contributed by atoms with Crippen molar-refractivity contribution in [3.05, 3.63) is 11.8 Å². The van der Waals surface area contributed by atoms with Gasteiger partial charge in [0.05, 0.1) is 0 Å². The van der Waals surface area contributed by atoms with E-state index >= 15 is 0 Å². The van der Waals surface area contributed by atoms with E-state index in [0.29, 0.717) is 5.70 Å². The van der Waals surface area contributed by atoms with Gasteiger partial charge >= 0.3 is 0 Å². The quantitative estimate of drug-likeness (QED) is 0.612. The second kappa shape index (κ2) is 4.77. The maximum absolute atomic E-state index is 11.2. The number of nitrogens with zero attached hydrogens (tertiary/aromatic N) is 1. The molecule has 1 amide bonds. The monoisotopic (exact) mass is 156 g/mol. The van der Waals surface area contributed by atoms with E-state index in [0.717, 1.165) is 13.1 Å². The molecule has 0 spiro atoms. The Hall–Kier alpha value is -0.990. The van der Waals surface area contributed by atoms with E-state index < -0.39 is 0 Å². The zero-order valence-corrected chi connectivity index (χ0v) is 7.42. The molecule has 64 valence electrons. The van der Waals surface area contributed by atoms with Gasteiger partial charge in [-0.25, -0.2) is 0 Å². The summed E-state index contributed by atoms with van der Waals surface area (Å²) in [5.74, 6) is -0.00463. The van der Waals surface area contributed by atoms with E-state index in [1.54, 1.807) is 11.8 Å². The first-order valence-corrected chi connectivity index (χ1v) is 3.84. The van der Waals surface area contributed by atoms with Crippen molar-refractivity contribution in [2.75, 3.05) is 13.1 Å². The van der Waals surface area contributed by atoms with Crippen molar-refractivity contribution in [1.82, 2.24) is 4.90 Å². The van der Waals surface area contributed by atoms with Gasteiger partial charge in [-0.2, -0.15) is 0 Å². The van der Waals surface area contributed by atoms with Crippen LogP contribution < -0.4 is 5.73 Å². The predicted molar refractivity (Wildman–Crippen MR) is 45.9 cm³/mol. The third-order valence-corrected chi connectivity index (χ3v) is 1.43. The van der Waals surface area contributed by atoms with Crippen molar-refractivity contribution in [1.29, 1.82) is 0 Å². The molecule has 0 bridgehead atoms. The van der Waals surface area contributed by atoms with Gasteiger partial charge in [-0.05, 0) is 20.8 Å². The summed E-state index contributed by atoms with van der Waals surface area (Å²) in [6, 6.07) is 0. The van der Waals surface area contributed by atoms with Crippen LogP contribution in [0.2, 0.25) is 0 Å². The summed E-state index contributed by atoms with van der Waals surface area (Å²) in [5.41, 5.74) is 5.91. The van der Waals surface area contributed by atoms with Crippen LogP contribution in [0.15, 0.2) is 11.8 Å². The molecule has 0 fully saturated rings. The lowest BCUT2D eigenvalue weighted by Crippen LogP contribution is -2.29. The SMILES string of the molecule is CCN(CC)C(=O)/C=C(\C)N. The summed E-state index contributed by atoms with van der Waals surface area (Å²) in [6.45, 7) is 7.07. The summed E-state index contributed by atoms with van der Waals surface area (Å²) in [6.07, 6.45) is 1.45. The first-order valence-electron chi connectivity index (χ1n) is 3.84. The summed E-state index contributed by atoms with van der Waals surface area (Å²) < 4.78 is 0. The fourth-order valence-corrected chi connectivity index (χ4v) is 0.821. The molecule has 0 saturated carbocycles. The highest BCUT2D eigenvalue weighted by atomic mass is 16.2. The number of likely N-dealkylation sites (N-methyl/N-ethyl adjacent to an activating group) is 1. The van der Waals surface area contributed by atoms with Gasteiger partial charge in [0, 0.05) is 24.9 Å². The first-order chi connectivity index (χ1) is 5.11. The van der Waals surface area contributed by atoms with E-state index in [2.05, 4.69) is 0 Å². The van der Waals surface area contributed by atoms with Crippen LogP contribution in [-0.2, 0) is 4.79 Å². The fraction of sp³-hybridized carbons (Fsp3) is 0.625. The summed E-state index contributed by atoms with van der Waals surface area (Å²) in [7, 11) is 0. The smallest absolute Gasteiger partial charge is 0.248 e. The van der Waals surface area contributed by atoms with Crippen LogP contribution in [0.3, 0.4) is 0 Å². The molecule has 0 aromatic carbocycles. The predicted octanol–water partition coefficient (Wildman–Crippen LogP) is 0.717. The lowest BCUT2D eigenvalue weighted by atomic mass is 10.4. The van der Waals surface area contributed by atoms with Gasteiger partial charge in [0.1, 0.15) is 0 Å². The number of hydrogen-bond acceptors (Lipinski definition) is 2. The number of allylic oxidation sites excluding steroid dienone is 1. The van der Waals surface area contributed by atoms with Crippen molar-refractivity contribution in [2.45, 2.75) is 20.8 Å². The minimum atomic E-state index is -0.00463. The molecule has 2 N–H and O–H groups in total. The highest BCUT2D eigenvalue weighted by molar-refractivity contribution is 5.88. The number of carbonyl (C=O) groups is 1. The number of hydrogen-bond donors (Lipinski definition) is 1. The molecule has 0 aliphatic rings. The Bertz CT molecular complexity index is 155. The van der Waals surface area contributed by atoms with E-state index in [9.17, 15) is 4.79 Å².